The fourth-order valence-corrected chi connectivity index (χ4v) is 8.07. The van der Waals surface area contributed by atoms with Gasteiger partial charge in [0.2, 0.25) is 5.91 Å². The largest absolute Gasteiger partial charge is 0.487 e. The zero-order valence-corrected chi connectivity index (χ0v) is 23.1. The van der Waals surface area contributed by atoms with E-state index in [1.54, 1.807) is 13.0 Å². The van der Waals surface area contributed by atoms with Crippen LogP contribution >= 0.6 is 0 Å². The van der Waals surface area contributed by atoms with Crippen molar-refractivity contribution in [2.75, 3.05) is 13.1 Å². The second-order valence-electron chi connectivity index (χ2n) is 13.6. The fourth-order valence-electron chi connectivity index (χ4n) is 8.07. The minimum absolute atomic E-state index is 0.0591. The summed E-state index contributed by atoms with van der Waals surface area (Å²) in [6.45, 7) is 5.18. The molecule has 0 unspecified atom stereocenters. The average molecular weight is 541 g/mol. The number of carboxylic acid groups (broad SMARTS) is 1. The fraction of sp³-hybridized carbons (Fsp3) is 0.710. The molecule has 4 atom stereocenters. The normalized spacial score (nSPS) is 34.8. The Balaban J connectivity index is 1.18. The third-order valence-electron chi connectivity index (χ3n) is 10.9. The van der Waals surface area contributed by atoms with Crippen LogP contribution in [0.15, 0.2) is 12.1 Å². The van der Waals surface area contributed by atoms with Crippen molar-refractivity contribution >= 4 is 17.8 Å². The van der Waals surface area contributed by atoms with Crippen molar-refractivity contribution in [3.63, 3.8) is 0 Å². The quantitative estimate of drug-likeness (QED) is 0.510. The average Bonchev–Trinajstić information content (AvgIpc) is 3.51. The van der Waals surface area contributed by atoms with Gasteiger partial charge in [-0.15, -0.1) is 0 Å². The summed E-state index contributed by atoms with van der Waals surface area (Å²) >= 11 is 0. The van der Waals surface area contributed by atoms with Gasteiger partial charge in [-0.05, 0) is 106 Å². The number of carboxylic acids is 1. The van der Waals surface area contributed by atoms with Crippen LogP contribution in [0.2, 0.25) is 0 Å². The van der Waals surface area contributed by atoms with Gasteiger partial charge in [-0.3, -0.25) is 14.4 Å². The number of ether oxygens (including phenoxy) is 1. The summed E-state index contributed by atoms with van der Waals surface area (Å²) in [6.07, 6.45) is 8.87. The highest BCUT2D eigenvalue weighted by atomic mass is 19.1. The van der Waals surface area contributed by atoms with Crippen LogP contribution in [0.25, 0.3) is 0 Å². The minimum Gasteiger partial charge on any atom is -0.487 e. The van der Waals surface area contributed by atoms with E-state index in [0.29, 0.717) is 68.2 Å². The predicted molar refractivity (Wildman–Crippen MR) is 143 cm³/mol. The summed E-state index contributed by atoms with van der Waals surface area (Å²) in [5.41, 5.74) is 0.579. The summed E-state index contributed by atoms with van der Waals surface area (Å²) in [4.78, 5) is 40.8. The van der Waals surface area contributed by atoms with Crippen molar-refractivity contribution < 1.29 is 28.6 Å². The molecule has 0 aromatic heterocycles. The van der Waals surface area contributed by atoms with Crippen molar-refractivity contribution in [1.82, 2.24) is 10.2 Å². The number of amides is 2. The smallest absolute Gasteiger partial charge is 0.309 e. The summed E-state index contributed by atoms with van der Waals surface area (Å²) in [7, 11) is 0. The molecule has 1 heterocycles. The molecule has 4 saturated carbocycles. The molecule has 1 aromatic rings. The van der Waals surface area contributed by atoms with Crippen molar-refractivity contribution in [2.24, 2.45) is 28.6 Å². The number of halogens is 1. The van der Waals surface area contributed by atoms with Crippen LogP contribution in [0, 0.1) is 34.4 Å². The minimum atomic E-state index is -0.809. The molecule has 0 radical (unpaired) electrons. The standard InChI is InChI=1S/C31H41FN2O5/c1-30(9-3-10-30)17-33-27(35)25-19-4-5-20(14-19)26(25)34-13-8-18-15-23(32)24(16-22(18)28(34)36)39-21-6-11-31(2,12-7-21)29(37)38/h15-16,19-21,25-26H,3-14,17H2,1-2H3,(H,33,35)(H,37,38)/t19-,20+,21?,25+,26-,31?/m1/s1. The van der Waals surface area contributed by atoms with Gasteiger partial charge in [0.05, 0.1) is 17.4 Å². The topological polar surface area (TPSA) is 95.9 Å². The molecule has 4 aliphatic carbocycles. The molecule has 2 N–H and O–H groups in total. The number of hydrogen-bond donors (Lipinski definition) is 2. The Labute approximate surface area is 229 Å². The highest BCUT2D eigenvalue weighted by molar-refractivity contribution is 5.98. The number of hydrogen-bond acceptors (Lipinski definition) is 4. The third kappa shape index (κ3) is 4.71. The van der Waals surface area contributed by atoms with Crippen LogP contribution < -0.4 is 10.1 Å². The molecule has 5 aliphatic rings. The summed E-state index contributed by atoms with van der Waals surface area (Å²) in [5, 5.41) is 12.7. The van der Waals surface area contributed by atoms with Crippen molar-refractivity contribution in [3.05, 3.63) is 29.1 Å². The first kappa shape index (κ1) is 26.6. The lowest BCUT2D eigenvalue weighted by Gasteiger charge is -2.42. The number of fused-ring (bicyclic) bond motifs is 3. The zero-order chi connectivity index (χ0) is 27.5. The summed E-state index contributed by atoms with van der Waals surface area (Å²) in [5.74, 6) is -0.809. The van der Waals surface area contributed by atoms with Crippen LogP contribution in [0.5, 0.6) is 5.75 Å². The Hall–Kier alpha value is -2.64. The molecule has 0 spiro atoms. The first-order chi connectivity index (χ1) is 18.6. The van der Waals surface area contributed by atoms with Gasteiger partial charge in [0, 0.05) is 24.7 Å². The maximum atomic E-state index is 15.0. The van der Waals surface area contributed by atoms with E-state index in [2.05, 4.69) is 12.2 Å². The third-order valence-corrected chi connectivity index (χ3v) is 10.9. The highest BCUT2D eigenvalue weighted by Crippen LogP contribution is 2.52. The first-order valence-corrected chi connectivity index (χ1v) is 14.9. The van der Waals surface area contributed by atoms with E-state index in [1.165, 1.54) is 12.5 Å². The van der Waals surface area contributed by atoms with Crippen molar-refractivity contribution in [2.45, 2.75) is 96.6 Å². The van der Waals surface area contributed by atoms with E-state index in [4.69, 9.17) is 4.74 Å². The molecule has 212 valence electrons. The monoisotopic (exact) mass is 540 g/mol. The van der Waals surface area contributed by atoms with Gasteiger partial charge >= 0.3 is 5.97 Å². The second-order valence-corrected chi connectivity index (χ2v) is 13.6. The maximum Gasteiger partial charge on any atom is 0.309 e. The lowest BCUT2D eigenvalue weighted by molar-refractivity contribution is -0.150. The van der Waals surface area contributed by atoms with Gasteiger partial charge < -0.3 is 20.1 Å². The molecule has 1 aromatic carbocycles. The van der Waals surface area contributed by atoms with Crippen LogP contribution in [0.3, 0.4) is 0 Å². The molecule has 2 bridgehead atoms. The Bertz CT molecular complexity index is 1170. The van der Waals surface area contributed by atoms with Crippen LogP contribution in [0.4, 0.5) is 4.39 Å². The Morgan fingerprint density at radius 3 is 2.49 bits per heavy atom. The van der Waals surface area contributed by atoms with E-state index >= 15 is 4.39 Å². The summed E-state index contributed by atoms with van der Waals surface area (Å²) in [6, 6.07) is 2.86. The van der Waals surface area contributed by atoms with Crippen LogP contribution in [-0.2, 0) is 16.0 Å². The SMILES string of the molecule is CC1(CNC(=O)[C@H]2[C@@H]3CC[C@@H](C3)[C@H]2N2CCc3cc(F)c(OC4CCC(C)(C(=O)O)CC4)cc3C2=O)CCC1. The van der Waals surface area contributed by atoms with E-state index in [-0.39, 0.29) is 41.0 Å². The molecular formula is C31H41FN2O5. The van der Waals surface area contributed by atoms with Crippen molar-refractivity contribution in [3.8, 4) is 5.75 Å². The second kappa shape index (κ2) is 9.77. The molecule has 0 saturated heterocycles. The van der Waals surface area contributed by atoms with E-state index in [0.717, 1.165) is 32.1 Å². The number of carbonyl (C=O) groups excluding carboxylic acids is 2. The molecule has 4 fully saturated rings. The molecule has 2 amide bonds. The molecule has 6 rings (SSSR count). The highest BCUT2D eigenvalue weighted by Gasteiger charge is 2.54. The number of benzene rings is 1. The van der Waals surface area contributed by atoms with Gasteiger partial charge in [-0.2, -0.15) is 0 Å². The van der Waals surface area contributed by atoms with E-state index in [9.17, 15) is 19.5 Å². The van der Waals surface area contributed by atoms with E-state index in [1.807, 2.05) is 4.90 Å². The molecule has 7 nitrogen and oxygen atoms in total. The number of aliphatic carboxylic acids is 1. The Morgan fingerprint density at radius 1 is 1.10 bits per heavy atom. The maximum absolute atomic E-state index is 15.0. The zero-order valence-electron chi connectivity index (χ0n) is 23.1. The molecule has 1 aliphatic heterocycles. The van der Waals surface area contributed by atoms with Gasteiger partial charge in [-0.25, -0.2) is 4.39 Å². The lowest BCUT2D eigenvalue weighted by atomic mass is 9.70. The first-order valence-electron chi connectivity index (χ1n) is 14.9. The lowest BCUT2D eigenvalue weighted by Crippen LogP contribution is -2.55. The molecular weight excluding hydrogens is 499 g/mol. The predicted octanol–water partition coefficient (Wildman–Crippen LogP) is 4.96. The van der Waals surface area contributed by atoms with Crippen LogP contribution in [0.1, 0.15) is 94.0 Å². The Morgan fingerprint density at radius 2 is 1.82 bits per heavy atom. The van der Waals surface area contributed by atoms with Crippen LogP contribution in [-0.4, -0.2) is 53.0 Å². The van der Waals surface area contributed by atoms with Crippen molar-refractivity contribution in [1.29, 1.82) is 0 Å². The Kier molecular flexibility index (Phi) is 6.66. The molecule has 8 heteroatoms. The number of nitrogens with zero attached hydrogens (tertiary/aromatic N) is 1. The number of carbonyl (C=O) groups is 3. The van der Waals surface area contributed by atoms with E-state index < -0.39 is 17.2 Å². The van der Waals surface area contributed by atoms with Gasteiger partial charge in [0.1, 0.15) is 0 Å². The number of nitrogens with one attached hydrogen (secondary N) is 1. The van der Waals surface area contributed by atoms with Gasteiger partial charge in [0.25, 0.3) is 5.91 Å². The van der Waals surface area contributed by atoms with Gasteiger partial charge in [0.15, 0.2) is 11.6 Å². The summed E-state index contributed by atoms with van der Waals surface area (Å²) < 4.78 is 21.1. The number of rotatable bonds is 7. The molecule has 39 heavy (non-hydrogen) atoms. The van der Waals surface area contributed by atoms with Gasteiger partial charge in [-0.1, -0.05) is 13.3 Å².